The molecular formula is C25H21BrN2O3. The highest BCUT2D eigenvalue weighted by Crippen LogP contribution is 2.34. The number of benzene rings is 3. The Morgan fingerprint density at radius 3 is 2.42 bits per heavy atom. The minimum atomic E-state index is -0.822. The normalized spacial score (nSPS) is 10.7. The summed E-state index contributed by atoms with van der Waals surface area (Å²) in [7, 11) is 0. The van der Waals surface area contributed by atoms with E-state index in [4.69, 9.17) is 14.9 Å². The number of carbonyl (C=O) groups is 1. The van der Waals surface area contributed by atoms with Crippen molar-refractivity contribution < 1.29 is 14.6 Å². The molecule has 0 fully saturated rings. The molecule has 31 heavy (non-hydrogen) atoms. The van der Waals surface area contributed by atoms with Gasteiger partial charge in [0.2, 0.25) is 0 Å². The van der Waals surface area contributed by atoms with Gasteiger partial charge in [0.1, 0.15) is 5.75 Å². The zero-order valence-electron chi connectivity index (χ0n) is 16.7. The number of rotatable bonds is 8. The van der Waals surface area contributed by atoms with E-state index in [1.54, 1.807) is 0 Å². The summed E-state index contributed by atoms with van der Waals surface area (Å²) in [6.45, 7) is 0.336. The molecule has 0 radical (unpaired) electrons. The number of carboxylic acid groups (broad SMARTS) is 1. The molecule has 0 atom stereocenters. The lowest BCUT2D eigenvalue weighted by atomic mass is 10.1. The molecule has 0 saturated heterocycles. The average molecular weight is 477 g/mol. The van der Waals surface area contributed by atoms with Gasteiger partial charge in [0, 0.05) is 22.0 Å². The number of hydrogen-bond donors (Lipinski definition) is 1. The van der Waals surface area contributed by atoms with Crippen molar-refractivity contribution in [3.05, 3.63) is 89.4 Å². The molecule has 5 nitrogen and oxygen atoms in total. The van der Waals surface area contributed by atoms with Crippen LogP contribution in [0.15, 0.2) is 89.4 Å². The number of hydrogen-bond acceptors (Lipinski definition) is 3. The molecule has 1 heterocycles. The third-order valence-electron chi connectivity index (χ3n) is 4.81. The Morgan fingerprint density at radius 1 is 0.968 bits per heavy atom. The highest BCUT2D eigenvalue weighted by atomic mass is 79.9. The molecule has 0 spiro atoms. The largest absolute Gasteiger partial charge is 0.493 e. The van der Waals surface area contributed by atoms with Gasteiger partial charge in [-0.05, 0) is 48.9 Å². The van der Waals surface area contributed by atoms with Crippen LogP contribution < -0.4 is 4.74 Å². The first-order valence-corrected chi connectivity index (χ1v) is 10.8. The first kappa shape index (κ1) is 20.9. The lowest BCUT2D eigenvalue weighted by Crippen LogP contribution is -2.03. The predicted octanol–water partition coefficient (Wildman–Crippen LogP) is 6.21. The minimum absolute atomic E-state index is 0.0819. The van der Waals surface area contributed by atoms with Gasteiger partial charge in [-0.1, -0.05) is 58.4 Å². The molecule has 0 unspecified atom stereocenters. The molecule has 1 aromatic heterocycles. The van der Waals surface area contributed by atoms with Gasteiger partial charge >= 0.3 is 5.97 Å². The van der Waals surface area contributed by atoms with E-state index >= 15 is 0 Å². The van der Waals surface area contributed by atoms with Gasteiger partial charge in [0.15, 0.2) is 0 Å². The fourth-order valence-electron chi connectivity index (χ4n) is 3.31. The van der Waals surface area contributed by atoms with Crippen molar-refractivity contribution >= 4 is 21.9 Å². The molecule has 4 rings (SSSR count). The van der Waals surface area contributed by atoms with Crippen LogP contribution in [0, 0.1) is 0 Å². The number of halogens is 1. The maximum absolute atomic E-state index is 10.8. The van der Waals surface area contributed by atoms with Crippen molar-refractivity contribution in [3.8, 4) is 34.0 Å². The number of carboxylic acids is 1. The molecule has 4 aromatic rings. The van der Waals surface area contributed by atoms with Crippen LogP contribution in [0.25, 0.3) is 28.2 Å². The van der Waals surface area contributed by atoms with Crippen LogP contribution in [0.1, 0.15) is 12.8 Å². The maximum atomic E-state index is 10.8. The molecule has 156 valence electrons. The van der Waals surface area contributed by atoms with E-state index in [1.165, 1.54) is 0 Å². The molecule has 0 amide bonds. The van der Waals surface area contributed by atoms with E-state index in [-0.39, 0.29) is 6.42 Å². The molecule has 6 heteroatoms. The quantitative estimate of drug-likeness (QED) is 0.307. The molecule has 1 N–H and O–H groups in total. The molecule has 0 saturated carbocycles. The highest BCUT2D eigenvalue weighted by Gasteiger charge is 2.16. The summed E-state index contributed by atoms with van der Waals surface area (Å²) >= 11 is 3.50. The standard InChI is InChI=1S/C25H21BrN2O3/c26-19-14-12-18(13-15-19)23-17-22(27-28(23)20-7-2-1-3-8-20)21-9-4-5-10-24(21)31-16-6-11-25(29)30/h1-5,7-10,12-15,17H,6,11,16H2,(H,29,30). The minimum Gasteiger partial charge on any atom is -0.493 e. The van der Waals surface area contributed by atoms with Gasteiger partial charge in [-0.15, -0.1) is 0 Å². The van der Waals surface area contributed by atoms with Gasteiger partial charge in [-0.25, -0.2) is 4.68 Å². The second kappa shape index (κ2) is 9.62. The summed E-state index contributed by atoms with van der Waals surface area (Å²) in [5, 5.41) is 13.7. The molecular weight excluding hydrogens is 456 g/mol. The first-order chi connectivity index (χ1) is 15.1. The first-order valence-electron chi connectivity index (χ1n) is 9.97. The van der Waals surface area contributed by atoms with Crippen molar-refractivity contribution in [1.29, 1.82) is 0 Å². The van der Waals surface area contributed by atoms with E-state index in [2.05, 4.69) is 34.1 Å². The third-order valence-corrected chi connectivity index (χ3v) is 5.33. The van der Waals surface area contributed by atoms with E-state index in [0.29, 0.717) is 18.8 Å². The van der Waals surface area contributed by atoms with E-state index < -0.39 is 5.97 Å². The summed E-state index contributed by atoms with van der Waals surface area (Å²) in [5.41, 5.74) is 4.63. The summed E-state index contributed by atoms with van der Waals surface area (Å²) in [4.78, 5) is 10.8. The van der Waals surface area contributed by atoms with Gasteiger partial charge in [0.05, 0.1) is 23.7 Å². The van der Waals surface area contributed by atoms with Crippen LogP contribution in [0.5, 0.6) is 5.75 Å². The Balaban J connectivity index is 1.73. The fraction of sp³-hybridized carbons (Fsp3) is 0.120. The Bertz CT molecular complexity index is 1170. The van der Waals surface area contributed by atoms with Crippen molar-refractivity contribution in [2.45, 2.75) is 12.8 Å². The molecule has 0 aliphatic heterocycles. The second-order valence-corrected chi connectivity index (χ2v) is 7.93. The van der Waals surface area contributed by atoms with Gasteiger partial charge in [0.25, 0.3) is 0 Å². The number of aliphatic carboxylic acids is 1. The van der Waals surface area contributed by atoms with E-state index in [1.807, 2.05) is 71.4 Å². The van der Waals surface area contributed by atoms with Crippen LogP contribution in [0.3, 0.4) is 0 Å². The molecule has 0 bridgehead atoms. The predicted molar refractivity (Wildman–Crippen MR) is 125 cm³/mol. The van der Waals surface area contributed by atoms with Crippen LogP contribution >= 0.6 is 15.9 Å². The lowest BCUT2D eigenvalue weighted by molar-refractivity contribution is -0.137. The Morgan fingerprint density at radius 2 is 1.68 bits per heavy atom. The third kappa shape index (κ3) is 5.03. The van der Waals surface area contributed by atoms with Crippen LogP contribution in [0.4, 0.5) is 0 Å². The fourth-order valence-corrected chi connectivity index (χ4v) is 3.58. The Kier molecular flexibility index (Phi) is 6.48. The summed E-state index contributed by atoms with van der Waals surface area (Å²) < 4.78 is 8.85. The average Bonchev–Trinajstić information content (AvgIpc) is 3.23. The van der Waals surface area contributed by atoms with Gasteiger partial charge < -0.3 is 9.84 Å². The van der Waals surface area contributed by atoms with Crippen LogP contribution in [-0.4, -0.2) is 27.5 Å². The van der Waals surface area contributed by atoms with E-state index in [0.717, 1.165) is 32.7 Å². The Hall–Kier alpha value is -3.38. The molecule has 0 aliphatic carbocycles. The number of aromatic nitrogens is 2. The van der Waals surface area contributed by atoms with Crippen LogP contribution in [-0.2, 0) is 4.79 Å². The zero-order chi connectivity index (χ0) is 21.6. The smallest absolute Gasteiger partial charge is 0.303 e. The maximum Gasteiger partial charge on any atom is 0.303 e. The van der Waals surface area contributed by atoms with Crippen LogP contribution in [0.2, 0.25) is 0 Å². The van der Waals surface area contributed by atoms with Gasteiger partial charge in [-0.2, -0.15) is 5.10 Å². The topological polar surface area (TPSA) is 64.3 Å². The summed E-state index contributed by atoms with van der Waals surface area (Å²) in [6.07, 6.45) is 0.533. The van der Waals surface area contributed by atoms with Crippen molar-refractivity contribution in [2.24, 2.45) is 0 Å². The van der Waals surface area contributed by atoms with E-state index in [9.17, 15) is 4.79 Å². The summed E-state index contributed by atoms with van der Waals surface area (Å²) in [6, 6.07) is 27.9. The van der Waals surface area contributed by atoms with Gasteiger partial charge in [-0.3, -0.25) is 4.79 Å². The Labute approximate surface area is 189 Å². The highest BCUT2D eigenvalue weighted by molar-refractivity contribution is 9.10. The van der Waals surface area contributed by atoms with Crippen molar-refractivity contribution in [2.75, 3.05) is 6.61 Å². The zero-order valence-corrected chi connectivity index (χ0v) is 18.3. The number of nitrogens with zero attached hydrogens (tertiary/aromatic N) is 2. The van der Waals surface area contributed by atoms with Crippen molar-refractivity contribution in [1.82, 2.24) is 9.78 Å². The number of ether oxygens (including phenoxy) is 1. The SMILES string of the molecule is O=C(O)CCCOc1ccccc1-c1cc(-c2ccc(Br)cc2)n(-c2ccccc2)n1. The number of para-hydroxylation sites is 2. The lowest BCUT2D eigenvalue weighted by Gasteiger charge is -2.09. The van der Waals surface area contributed by atoms with Crippen molar-refractivity contribution in [3.63, 3.8) is 0 Å². The monoisotopic (exact) mass is 476 g/mol. The molecule has 0 aliphatic rings. The second-order valence-electron chi connectivity index (χ2n) is 7.01. The summed E-state index contributed by atoms with van der Waals surface area (Å²) in [5.74, 6) is -0.134. The molecule has 3 aromatic carbocycles.